The molecule has 0 aliphatic heterocycles. The number of aryl methyl sites for hydroxylation is 2. The number of anilines is 2. The van der Waals surface area contributed by atoms with E-state index in [-0.39, 0.29) is 12.5 Å². The molecule has 122 valence electrons. The maximum atomic E-state index is 12.3. The number of hydrogen-bond donors (Lipinski definition) is 3. The molecule has 0 spiro atoms. The molecule has 6 nitrogen and oxygen atoms in total. The number of carbonyl (C=O) groups is 1. The number of hydrogen-bond acceptors (Lipinski definition) is 5. The molecule has 2 aromatic rings. The molecule has 3 N–H and O–H groups in total. The lowest BCUT2D eigenvalue weighted by molar-refractivity contribution is 0.0869. The fourth-order valence-corrected chi connectivity index (χ4v) is 2.07. The van der Waals surface area contributed by atoms with Gasteiger partial charge in [-0.25, -0.2) is 9.97 Å². The largest absolute Gasteiger partial charge is 0.394 e. The molecule has 1 aromatic carbocycles. The zero-order chi connectivity index (χ0) is 17.0. The highest BCUT2D eigenvalue weighted by molar-refractivity contribution is 5.95. The number of nitrogens with one attached hydrogen (secondary N) is 2. The smallest absolute Gasteiger partial charge is 0.251 e. The van der Waals surface area contributed by atoms with Crippen LogP contribution in [0.5, 0.6) is 0 Å². The standard InChI is InChI=1S/C17H22N4O2/c1-11-8-12(2)19-16(18-11)20-14-7-5-6-13(9-14)15(23)21-17(3,4)10-22/h5-9,22H,10H2,1-4H3,(H,21,23)(H,18,19,20). The molecule has 6 heteroatoms. The van der Waals surface area contributed by atoms with Crippen LogP contribution in [0.3, 0.4) is 0 Å². The Labute approximate surface area is 136 Å². The van der Waals surface area contributed by atoms with Gasteiger partial charge in [0.1, 0.15) is 0 Å². The van der Waals surface area contributed by atoms with E-state index in [4.69, 9.17) is 0 Å². The van der Waals surface area contributed by atoms with Crippen LogP contribution in [0.15, 0.2) is 30.3 Å². The van der Waals surface area contributed by atoms with Crippen molar-refractivity contribution in [2.75, 3.05) is 11.9 Å². The average molecular weight is 314 g/mol. The summed E-state index contributed by atoms with van der Waals surface area (Å²) in [4.78, 5) is 20.9. The van der Waals surface area contributed by atoms with E-state index in [0.29, 0.717) is 11.5 Å². The average Bonchev–Trinajstić information content (AvgIpc) is 2.46. The van der Waals surface area contributed by atoms with Crippen molar-refractivity contribution < 1.29 is 9.90 Å². The molecule has 0 saturated carbocycles. The van der Waals surface area contributed by atoms with Crippen LogP contribution in [0.25, 0.3) is 0 Å². The summed E-state index contributed by atoms with van der Waals surface area (Å²) in [7, 11) is 0. The minimum absolute atomic E-state index is 0.132. The fourth-order valence-electron chi connectivity index (χ4n) is 2.07. The van der Waals surface area contributed by atoms with Crippen molar-refractivity contribution >= 4 is 17.5 Å². The van der Waals surface area contributed by atoms with E-state index in [1.807, 2.05) is 26.0 Å². The van der Waals surface area contributed by atoms with Crippen molar-refractivity contribution in [1.29, 1.82) is 0 Å². The Hall–Kier alpha value is -2.47. The molecule has 0 atom stereocenters. The van der Waals surface area contributed by atoms with Crippen LogP contribution in [-0.2, 0) is 0 Å². The number of amides is 1. The molecule has 0 aliphatic carbocycles. The Bertz CT molecular complexity index is 693. The number of carbonyl (C=O) groups excluding carboxylic acids is 1. The van der Waals surface area contributed by atoms with Gasteiger partial charge in [0.15, 0.2) is 0 Å². The molecule has 0 fully saturated rings. The SMILES string of the molecule is Cc1cc(C)nc(Nc2cccc(C(=O)NC(C)(C)CO)c2)n1. The van der Waals surface area contributed by atoms with E-state index in [2.05, 4.69) is 20.6 Å². The summed E-state index contributed by atoms with van der Waals surface area (Å²) in [5.41, 5.74) is 2.31. The second kappa shape index (κ2) is 6.75. The third-order valence-electron chi connectivity index (χ3n) is 3.21. The number of aliphatic hydroxyl groups is 1. The van der Waals surface area contributed by atoms with E-state index in [1.54, 1.807) is 32.0 Å². The minimum atomic E-state index is -0.669. The summed E-state index contributed by atoms with van der Waals surface area (Å²) in [6.45, 7) is 7.20. The van der Waals surface area contributed by atoms with Crippen LogP contribution in [0.1, 0.15) is 35.6 Å². The highest BCUT2D eigenvalue weighted by Crippen LogP contribution is 2.16. The number of benzene rings is 1. The van der Waals surface area contributed by atoms with E-state index >= 15 is 0 Å². The van der Waals surface area contributed by atoms with Crippen LogP contribution >= 0.6 is 0 Å². The summed E-state index contributed by atoms with van der Waals surface area (Å²) >= 11 is 0. The third-order valence-corrected chi connectivity index (χ3v) is 3.21. The first-order valence-electron chi connectivity index (χ1n) is 7.42. The lowest BCUT2D eigenvalue weighted by Crippen LogP contribution is -2.46. The second-order valence-electron chi connectivity index (χ2n) is 6.18. The number of aromatic nitrogens is 2. The Morgan fingerprint density at radius 3 is 2.43 bits per heavy atom. The van der Waals surface area contributed by atoms with Gasteiger partial charge in [-0.05, 0) is 52.0 Å². The Kier molecular flexibility index (Phi) is 4.95. The van der Waals surface area contributed by atoms with Gasteiger partial charge in [-0.3, -0.25) is 4.79 Å². The molecule has 0 unspecified atom stereocenters. The van der Waals surface area contributed by atoms with E-state index in [1.165, 1.54) is 0 Å². The molecular formula is C17H22N4O2. The van der Waals surface area contributed by atoms with Gasteiger partial charge in [0.25, 0.3) is 5.91 Å². The van der Waals surface area contributed by atoms with Gasteiger partial charge in [-0.15, -0.1) is 0 Å². The van der Waals surface area contributed by atoms with Gasteiger partial charge in [-0.1, -0.05) is 6.07 Å². The van der Waals surface area contributed by atoms with Crippen LogP contribution in [0, 0.1) is 13.8 Å². The maximum Gasteiger partial charge on any atom is 0.251 e. The maximum absolute atomic E-state index is 12.3. The van der Waals surface area contributed by atoms with Crippen molar-refractivity contribution in [1.82, 2.24) is 15.3 Å². The van der Waals surface area contributed by atoms with Gasteiger partial charge in [0.2, 0.25) is 5.95 Å². The van der Waals surface area contributed by atoms with Crippen LogP contribution < -0.4 is 10.6 Å². The van der Waals surface area contributed by atoms with Gasteiger partial charge in [-0.2, -0.15) is 0 Å². The van der Waals surface area contributed by atoms with E-state index in [9.17, 15) is 9.90 Å². The Morgan fingerprint density at radius 1 is 1.17 bits per heavy atom. The van der Waals surface area contributed by atoms with Crippen LogP contribution in [0.4, 0.5) is 11.6 Å². The second-order valence-corrected chi connectivity index (χ2v) is 6.18. The highest BCUT2D eigenvalue weighted by Gasteiger charge is 2.20. The molecule has 0 aliphatic rings. The predicted octanol–water partition coefficient (Wildman–Crippen LogP) is 2.34. The molecule has 2 rings (SSSR count). The molecule has 0 radical (unpaired) electrons. The Balaban J connectivity index is 2.18. The van der Waals surface area contributed by atoms with Crippen molar-refractivity contribution in [3.63, 3.8) is 0 Å². The van der Waals surface area contributed by atoms with Crippen LogP contribution in [-0.4, -0.2) is 33.1 Å². The quantitative estimate of drug-likeness (QED) is 0.788. The molecule has 1 aromatic heterocycles. The first-order valence-corrected chi connectivity index (χ1v) is 7.42. The topological polar surface area (TPSA) is 87.1 Å². The van der Waals surface area contributed by atoms with Crippen molar-refractivity contribution in [2.45, 2.75) is 33.2 Å². The number of rotatable bonds is 5. The summed E-state index contributed by atoms with van der Waals surface area (Å²) in [6, 6.07) is 8.97. The summed E-state index contributed by atoms with van der Waals surface area (Å²) in [6.07, 6.45) is 0. The first-order chi connectivity index (χ1) is 10.8. The molecule has 1 amide bonds. The summed E-state index contributed by atoms with van der Waals surface area (Å²) < 4.78 is 0. The monoisotopic (exact) mass is 314 g/mol. The molecule has 23 heavy (non-hydrogen) atoms. The number of nitrogens with zero attached hydrogens (tertiary/aromatic N) is 2. The number of aliphatic hydroxyl groups excluding tert-OH is 1. The van der Waals surface area contributed by atoms with Crippen molar-refractivity contribution in [2.24, 2.45) is 0 Å². The predicted molar refractivity (Wildman–Crippen MR) is 89.9 cm³/mol. The van der Waals surface area contributed by atoms with Gasteiger partial charge in [0, 0.05) is 22.6 Å². The summed E-state index contributed by atoms with van der Waals surface area (Å²) in [5, 5.41) is 15.1. The van der Waals surface area contributed by atoms with Gasteiger partial charge >= 0.3 is 0 Å². The lowest BCUT2D eigenvalue weighted by atomic mass is 10.1. The fraction of sp³-hybridized carbons (Fsp3) is 0.353. The van der Waals surface area contributed by atoms with Crippen molar-refractivity contribution in [3.05, 3.63) is 47.3 Å². The molecule has 0 saturated heterocycles. The first kappa shape index (κ1) is 16.9. The van der Waals surface area contributed by atoms with E-state index < -0.39 is 5.54 Å². The zero-order valence-corrected chi connectivity index (χ0v) is 13.8. The lowest BCUT2D eigenvalue weighted by Gasteiger charge is -2.23. The highest BCUT2D eigenvalue weighted by atomic mass is 16.3. The minimum Gasteiger partial charge on any atom is -0.394 e. The summed E-state index contributed by atoms with van der Waals surface area (Å²) in [5.74, 6) is 0.254. The molecule has 1 heterocycles. The van der Waals surface area contributed by atoms with E-state index in [0.717, 1.165) is 17.1 Å². The third kappa shape index (κ3) is 4.75. The van der Waals surface area contributed by atoms with Gasteiger partial charge in [0.05, 0.1) is 12.1 Å². The molecule has 0 bridgehead atoms. The van der Waals surface area contributed by atoms with Crippen LogP contribution in [0.2, 0.25) is 0 Å². The Morgan fingerprint density at radius 2 is 1.83 bits per heavy atom. The zero-order valence-electron chi connectivity index (χ0n) is 13.8. The van der Waals surface area contributed by atoms with Crippen molar-refractivity contribution in [3.8, 4) is 0 Å². The van der Waals surface area contributed by atoms with Gasteiger partial charge < -0.3 is 15.7 Å². The molecular weight excluding hydrogens is 292 g/mol. The normalized spacial score (nSPS) is 11.2.